The number of carbonyl (C=O) groups excluding carboxylic acids is 3. The number of rotatable bonds is 11. The average molecular weight is 566 g/mol. The van der Waals surface area contributed by atoms with Crippen LogP contribution in [0.5, 0.6) is 0 Å². The van der Waals surface area contributed by atoms with Gasteiger partial charge in [-0.2, -0.15) is 0 Å². The molecule has 3 unspecified atom stereocenters. The van der Waals surface area contributed by atoms with Gasteiger partial charge in [-0.05, 0) is 89.8 Å². The lowest BCUT2D eigenvalue weighted by atomic mass is 9.94. The van der Waals surface area contributed by atoms with Gasteiger partial charge in [0.15, 0.2) is 0 Å². The van der Waals surface area contributed by atoms with Crippen LogP contribution in [0.2, 0.25) is 0 Å². The SMILES string of the molecule is Cc1ccc(C(C(=O)Nc2c(C)cccc2C)N(C(=O)C(NC(=O)OC(C)(C)C)C(C)C)C(C)CCC(C)C)cc1. The van der Waals surface area contributed by atoms with Crippen LogP contribution in [0.4, 0.5) is 10.5 Å². The van der Waals surface area contributed by atoms with E-state index in [0.717, 1.165) is 28.8 Å². The van der Waals surface area contributed by atoms with Crippen LogP contribution < -0.4 is 10.6 Å². The molecule has 0 heterocycles. The van der Waals surface area contributed by atoms with E-state index in [4.69, 9.17) is 4.74 Å². The number of anilines is 1. The summed E-state index contributed by atoms with van der Waals surface area (Å²) in [6, 6.07) is 11.5. The van der Waals surface area contributed by atoms with Crippen LogP contribution in [0.1, 0.15) is 96.5 Å². The maximum absolute atomic E-state index is 14.5. The quantitative estimate of drug-likeness (QED) is 0.295. The van der Waals surface area contributed by atoms with Gasteiger partial charge in [0.25, 0.3) is 5.91 Å². The molecule has 226 valence electrons. The zero-order valence-corrected chi connectivity index (χ0v) is 26.9. The van der Waals surface area contributed by atoms with Gasteiger partial charge < -0.3 is 20.3 Å². The number of amides is 3. The first-order chi connectivity index (χ1) is 19.0. The number of hydrogen-bond donors (Lipinski definition) is 2. The molecule has 7 heteroatoms. The highest BCUT2D eigenvalue weighted by molar-refractivity contribution is 6.00. The van der Waals surface area contributed by atoms with Crippen molar-refractivity contribution in [2.75, 3.05) is 5.32 Å². The Labute approximate surface area is 247 Å². The van der Waals surface area contributed by atoms with Gasteiger partial charge >= 0.3 is 6.09 Å². The van der Waals surface area contributed by atoms with Crippen molar-refractivity contribution in [2.45, 2.75) is 113 Å². The number of nitrogens with one attached hydrogen (secondary N) is 2. The zero-order chi connectivity index (χ0) is 31.1. The summed E-state index contributed by atoms with van der Waals surface area (Å²) >= 11 is 0. The van der Waals surface area contributed by atoms with Crippen LogP contribution in [0.25, 0.3) is 0 Å². The van der Waals surface area contributed by atoms with E-state index in [-0.39, 0.29) is 23.8 Å². The summed E-state index contributed by atoms with van der Waals surface area (Å²) in [4.78, 5) is 43.3. The third-order valence-corrected chi connectivity index (χ3v) is 7.15. The van der Waals surface area contributed by atoms with E-state index in [1.54, 1.807) is 25.7 Å². The molecule has 0 aliphatic rings. The zero-order valence-electron chi connectivity index (χ0n) is 26.9. The Morgan fingerprint density at radius 3 is 1.90 bits per heavy atom. The molecular weight excluding hydrogens is 514 g/mol. The first kappa shape index (κ1) is 33.9. The molecule has 0 radical (unpaired) electrons. The smallest absolute Gasteiger partial charge is 0.408 e. The standard InChI is InChI=1S/C34H51N3O4/c1-21(2)15-18-26(8)37(32(39)28(22(3)4)36-33(40)41-34(9,10)11)30(27-19-16-23(5)17-20-27)31(38)35-29-24(6)13-12-14-25(29)7/h12-14,16-17,19-22,26,28,30H,15,18H2,1-11H3,(H,35,38)(H,36,40). The summed E-state index contributed by atoms with van der Waals surface area (Å²) < 4.78 is 5.50. The van der Waals surface area contributed by atoms with E-state index >= 15 is 0 Å². The van der Waals surface area contributed by atoms with Crippen molar-refractivity contribution in [2.24, 2.45) is 11.8 Å². The van der Waals surface area contributed by atoms with Crippen molar-refractivity contribution in [1.29, 1.82) is 0 Å². The number of carbonyl (C=O) groups is 3. The molecule has 2 N–H and O–H groups in total. The van der Waals surface area contributed by atoms with Gasteiger partial charge in [-0.3, -0.25) is 9.59 Å². The number of alkyl carbamates (subject to hydrolysis) is 1. The summed E-state index contributed by atoms with van der Waals surface area (Å²) in [6.07, 6.45) is 0.932. The molecule has 2 aromatic carbocycles. The molecule has 7 nitrogen and oxygen atoms in total. The second-order valence-corrected chi connectivity index (χ2v) is 13.0. The van der Waals surface area contributed by atoms with Crippen molar-refractivity contribution in [3.63, 3.8) is 0 Å². The molecule has 3 atom stereocenters. The summed E-state index contributed by atoms with van der Waals surface area (Å²) in [6.45, 7) is 21.3. The van der Waals surface area contributed by atoms with E-state index in [1.807, 2.05) is 84.0 Å². The Morgan fingerprint density at radius 1 is 0.854 bits per heavy atom. The number of ether oxygens (including phenoxy) is 1. The van der Waals surface area contributed by atoms with E-state index in [9.17, 15) is 14.4 Å². The van der Waals surface area contributed by atoms with E-state index in [0.29, 0.717) is 17.9 Å². The second kappa shape index (κ2) is 14.5. The van der Waals surface area contributed by atoms with Crippen molar-refractivity contribution in [1.82, 2.24) is 10.2 Å². The number of para-hydroxylation sites is 1. The Balaban J connectivity index is 2.65. The van der Waals surface area contributed by atoms with Crippen LogP contribution in [0, 0.1) is 32.6 Å². The average Bonchev–Trinajstić information content (AvgIpc) is 2.85. The highest BCUT2D eigenvalue weighted by atomic mass is 16.6. The first-order valence-corrected chi connectivity index (χ1v) is 14.8. The Bertz CT molecular complexity index is 1160. The molecule has 2 rings (SSSR count). The molecule has 0 aliphatic heterocycles. The maximum atomic E-state index is 14.5. The number of aryl methyl sites for hydroxylation is 3. The van der Waals surface area contributed by atoms with Gasteiger partial charge in [0.05, 0.1) is 0 Å². The van der Waals surface area contributed by atoms with Gasteiger partial charge in [-0.15, -0.1) is 0 Å². The first-order valence-electron chi connectivity index (χ1n) is 14.8. The highest BCUT2D eigenvalue weighted by Gasteiger charge is 2.40. The molecule has 41 heavy (non-hydrogen) atoms. The van der Waals surface area contributed by atoms with Gasteiger partial charge in [0.2, 0.25) is 5.91 Å². The minimum Gasteiger partial charge on any atom is -0.444 e. The van der Waals surface area contributed by atoms with Crippen LogP contribution in [-0.4, -0.2) is 40.5 Å². The largest absolute Gasteiger partial charge is 0.444 e. The van der Waals surface area contributed by atoms with Gasteiger partial charge in [0.1, 0.15) is 17.7 Å². The maximum Gasteiger partial charge on any atom is 0.408 e. The normalized spacial score (nSPS) is 13.9. The minimum absolute atomic E-state index is 0.241. The van der Waals surface area contributed by atoms with E-state index in [2.05, 4.69) is 24.5 Å². The molecule has 3 amide bonds. The fourth-order valence-corrected chi connectivity index (χ4v) is 4.81. The van der Waals surface area contributed by atoms with Gasteiger partial charge in [0, 0.05) is 11.7 Å². The molecule has 0 bridgehead atoms. The molecule has 0 aliphatic carbocycles. The minimum atomic E-state index is -0.911. The Morgan fingerprint density at radius 2 is 1.41 bits per heavy atom. The molecule has 0 aromatic heterocycles. The fourth-order valence-electron chi connectivity index (χ4n) is 4.81. The number of nitrogens with zero attached hydrogens (tertiary/aromatic N) is 1. The highest BCUT2D eigenvalue weighted by Crippen LogP contribution is 2.31. The molecular formula is C34H51N3O4. The molecule has 0 spiro atoms. The van der Waals surface area contributed by atoms with Gasteiger partial charge in [-0.1, -0.05) is 75.7 Å². The van der Waals surface area contributed by atoms with Gasteiger partial charge in [-0.25, -0.2) is 4.79 Å². The lowest BCUT2D eigenvalue weighted by Gasteiger charge is -2.39. The number of benzene rings is 2. The van der Waals surface area contributed by atoms with Crippen molar-refractivity contribution in [3.8, 4) is 0 Å². The molecule has 0 saturated carbocycles. The van der Waals surface area contributed by atoms with Crippen molar-refractivity contribution >= 4 is 23.6 Å². The Hall–Kier alpha value is -3.35. The predicted molar refractivity (Wildman–Crippen MR) is 167 cm³/mol. The fraction of sp³-hybridized carbons (Fsp3) is 0.559. The van der Waals surface area contributed by atoms with E-state index in [1.165, 1.54) is 0 Å². The van der Waals surface area contributed by atoms with Crippen molar-refractivity contribution in [3.05, 3.63) is 64.7 Å². The lowest BCUT2D eigenvalue weighted by Crippen LogP contribution is -2.56. The predicted octanol–water partition coefficient (Wildman–Crippen LogP) is 7.49. The number of hydrogen-bond acceptors (Lipinski definition) is 4. The molecule has 2 aromatic rings. The van der Waals surface area contributed by atoms with Crippen LogP contribution >= 0.6 is 0 Å². The molecule has 0 saturated heterocycles. The third-order valence-electron chi connectivity index (χ3n) is 7.15. The summed E-state index contributed by atoms with van der Waals surface area (Å²) in [5.74, 6) is -0.424. The second-order valence-electron chi connectivity index (χ2n) is 13.0. The lowest BCUT2D eigenvalue weighted by molar-refractivity contribution is -0.144. The van der Waals surface area contributed by atoms with Crippen LogP contribution in [0.15, 0.2) is 42.5 Å². The summed E-state index contributed by atoms with van der Waals surface area (Å²) in [7, 11) is 0. The summed E-state index contributed by atoms with van der Waals surface area (Å²) in [5, 5.41) is 5.95. The van der Waals surface area contributed by atoms with Crippen molar-refractivity contribution < 1.29 is 19.1 Å². The van der Waals surface area contributed by atoms with Crippen LogP contribution in [-0.2, 0) is 14.3 Å². The summed E-state index contributed by atoms with van der Waals surface area (Å²) in [5.41, 5.74) is 3.68. The monoisotopic (exact) mass is 565 g/mol. The van der Waals surface area contributed by atoms with E-state index < -0.39 is 23.8 Å². The topological polar surface area (TPSA) is 87.7 Å². The third kappa shape index (κ3) is 9.91. The molecule has 0 fully saturated rings. The Kier molecular flexibility index (Phi) is 12.0. The van der Waals surface area contributed by atoms with Crippen LogP contribution in [0.3, 0.4) is 0 Å².